The molecule has 0 amide bonds. The first-order valence-corrected chi connectivity index (χ1v) is 5.14. The summed E-state index contributed by atoms with van der Waals surface area (Å²) in [5.74, 6) is 2.17. The van der Waals surface area contributed by atoms with Gasteiger partial charge >= 0.3 is 0 Å². The second-order valence-electron chi connectivity index (χ2n) is 4.54. The average Bonchev–Trinajstić information content (AvgIpc) is 2.14. The van der Waals surface area contributed by atoms with Crippen LogP contribution in [-0.2, 0) is 4.79 Å². The zero-order chi connectivity index (χ0) is 9.14. The van der Waals surface area contributed by atoms with E-state index in [0.717, 1.165) is 25.2 Å². The molecule has 0 aromatic rings. The summed E-state index contributed by atoms with van der Waals surface area (Å²) in [6.45, 7) is 6.59. The summed E-state index contributed by atoms with van der Waals surface area (Å²) in [5, 5.41) is 0. The van der Waals surface area contributed by atoms with Crippen LogP contribution in [0.3, 0.4) is 0 Å². The number of hydrogen-bond acceptors (Lipinski definition) is 1. The molecule has 1 aliphatic carbocycles. The minimum Gasteiger partial charge on any atom is -0.299 e. The van der Waals surface area contributed by atoms with Crippen molar-refractivity contribution in [2.75, 3.05) is 0 Å². The third-order valence-electron chi connectivity index (χ3n) is 3.07. The van der Waals surface area contributed by atoms with Gasteiger partial charge in [0.2, 0.25) is 0 Å². The maximum atomic E-state index is 11.6. The van der Waals surface area contributed by atoms with Crippen molar-refractivity contribution in [1.29, 1.82) is 0 Å². The van der Waals surface area contributed by atoms with Gasteiger partial charge in [0.05, 0.1) is 0 Å². The number of hydrogen-bond donors (Lipinski definition) is 0. The number of carbonyl (C=O) groups is 1. The number of rotatable bonds is 1. The number of carbonyl (C=O) groups excluding carboxylic acids is 1. The molecule has 1 aliphatic rings. The van der Waals surface area contributed by atoms with Gasteiger partial charge in [-0.2, -0.15) is 0 Å². The molecule has 1 heteroatoms. The highest BCUT2D eigenvalue weighted by Crippen LogP contribution is 2.28. The van der Waals surface area contributed by atoms with Crippen LogP contribution in [0.1, 0.15) is 46.5 Å². The van der Waals surface area contributed by atoms with Gasteiger partial charge in [0, 0.05) is 12.3 Å². The molecule has 1 fully saturated rings. The molecular weight excluding hydrogens is 148 g/mol. The third kappa shape index (κ3) is 2.33. The van der Waals surface area contributed by atoms with E-state index in [1.54, 1.807) is 0 Å². The minimum absolute atomic E-state index is 0.356. The molecule has 0 spiro atoms. The normalized spacial score (nSPS) is 32.2. The molecule has 1 saturated carbocycles. The smallest absolute Gasteiger partial charge is 0.136 e. The summed E-state index contributed by atoms with van der Waals surface area (Å²) in [5.41, 5.74) is 0. The van der Waals surface area contributed by atoms with Crippen molar-refractivity contribution in [3.05, 3.63) is 0 Å². The van der Waals surface area contributed by atoms with Gasteiger partial charge in [-0.05, 0) is 31.1 Å². The Balaban J connectivity index is 2.56. The standard InChI is InChI=1S/C11H20O/c1-8(2)10-6-4-9(3)5-7-11(10)12/h8-10H,4-7H2,1-3H3. The lowest BCUT2D eigenvalue weighted by Gasteiger charge is -2.16. The SMILES string of the molecule is CC1CCC(=O)C(C(C)C)CC1. The van der Waals surface area contributed by atoms with Crippen LogP contribution in [-0.4, -0.2) is 5.78 Å². The van der Waals surface area contributed by atoms with E-state index in [4.69, 9.17) is 0 Å². The highest BCUT2D eigenvalue weighted by molar-refractivity contribution is 5.81. The van der Waals surface area contributed by atoms with Crippen LogP contribution >= 0.6 is 0 Å². The second kappa shape index (κ2) is 4.06. The first kappa shape index (κ1) is 9.76. The molecule has 0 N–H and O–H groups in total. The van der Waals surface area contributed by atoms with Crippen molar-refractivity contribution in [2.24, 2.45) is 17.8 Å². The van der Waals surface area contributed by atoms with E-state index in [1.807, 2.05) is 0 Å². The van der Waals surface area contributed by atoms with Gasteiger partial charge in [-0.25, -0.2) is 0 Å². The Labute approximate surface area is 75.5 Å². The predicted octanol–water partition coefficient (Wildman–Crippen LogP) is 3.04. The predicted molar refractivity (Wildman–Crippen MR) is 51.0 cm³/mol. The zero-order valence-electron chi connectivity index (χ0n) is 8.47. The maximum absolute atomic E-state index is 11.6. The topological polar surface area (TPSA) is 17.1 Å². The molecule has 2 unspecified atom stereocenters. The molecule has 1 rings (SSSR count). The molecule has 0 bridgehead atoms. The summed E-state index contributed by atoms with van der Waals surface area (Å²) >= 11 is 0. The minimum atomic E-state index is 0.356. The average molecular weight is 168 g/mol. The fourth-order valence-corrected chi connectivity index (χ4v) is 2.05. The summed E-state index contributed by atoms with van der Waals surface area (Å²) in [7, 11) is 0. The first-order valence-electron chi connectivity index (χ1n) is 5.14. The molecule has 70 valence electrons. The van der Waals surface area contributed by atoms with E-state index < -0.39 is 0 Å². The largest absolute Gasteiger partial charge is 0.299 e. The molecule has 0 aromatic carbocycles. The second-order valence-corrected chi connectivity index (χ2v) is 4.54. The molecule has 12 heavy (non-hydrogen) atoms. The first-order chi connectivity index (χ1) is 5.61. The summed E-state index contributed by atoms with van der Waals surface area (Å²) in [6.07, 6.45) is 4.30. The Morgan fingerprint density at radius 3 is 2.50 bits per heavy atom. The van der Waals surface area contributed by atoms with Crippen molar-refractivity contribution in [1.82, 2.24) is 0 Å². The van der Waals surface area contributed by atoms with Crippen molar-refractivity contribution in [3.63, 3.8) is 0 Å². The molecule has 1 nitrogen and oxygen atoms in total. The van der Waals surface area contributed by atoms with Crippen LogP contribution in [0.15, 0.2) is 0 Å². The van der Waals surface area contributed by atoms with Gasteiger partial charge in [0.15, 0.2) is 0 Å². The molecule has 0 radical (unpaired) electrons. The van der Waals surface area contributed by atoms with Crippen LogP contribution in [0.4, 0.5) is 0 Å². The lowest BCUT2D eigenvalue weighted by atomic mass is 9.88. The van der Waals surface area contributed by atoms with Gasteiger partial charge in [-0.1, -0.05) is 20.8 Å². The molecule has 2 atom stereocenters. The van der Waals surface area contributed by atoms with Crippen LogP contribution in [0, 0.1) is 17.8 Å². The quantitative estimate of drug-likeness (QED) is 0.550. The third-order valence-corrected chi connectivity index (χ3v) is 3.07. The Kier molecular flexibility index (Phi) is 3.30. The van der Waals surface area contributed by atoms with E-state index in [0.29, 0.717) is 17.6 Å². The van der Waals surface area contributed by atoms with Crippen LogP contribution in [0.5, 0.6) is 0 Å². The van der Waals surface area contributed by atoms with E-state index >= 15 is 0 Å². The highest BCUT2D eigenvalue weighted by atomic mass is 16.1. The van der Waals surface area contributed by atoms with Crippen LogP contribution in [0.2, 0.25) is 0 Å². The van der Waals surface area contributed by atoms with Gasteiger partial charge in [0.25, 0.3) is 0 Å². The Hall–Kier alpha value is -0.330. The van der Waals surface area contributed by atoms with E-state index in [-0.39, 0.29) is 0 Å². The summed E-state index contributed by atoms with van der Waals surface area (Å²) < 4.78 is 0. The molecule has 0 saturated heterocycles. The maximum Gasteiger partial charge on any atom is 0.136 e. The summed E-state index contributed by atoms with van der Waals surface area (Å²) in [4.78, 5) is 11.6. The fraction of sp³-hybridized carbons (Fsp3) is 0.909. The van der Waals surface area contributed by atoms with E-state index in [9.17, 15) is 4.79 Å². The molecule has 0 aromatic heterocycles. The van der Waals surface area contributed by atoms with Crippen LogP contribution < -0.4 is 0 Å². The van der Waals surface area contributed by atoms with E-state index in [2.05, 4.69) is 20.8 Å². The van der Waals surface area contributed by atoms with Gasteiger partial charge in [0.1, 0.15) is 5.78 Å². The highest BCUT2D eigenvalue weighted by Gasteiger charge is 2.25. The lowest BCUT2D eigenvalue weighted by Crippen LogP contribution is -2.18. The summed E-state index contributed by atoms with van der Waals surface area (Å²) in [6, 6.07) is 0. The Morgan fingerprint density at radius 2 is 1.92 bits per heavy atom. The molecular formula is C11H20O. The van der Waals surface area contributed by atoms with Gasteiger partial charge in [-0.3, -0.25) is 4.79 Å². The fourth-order valence-electron chi connectivity index (χ4n) is 2.05. The van der Waals surface area contributed by atoms with Crippen molar-refractivity contribution in [2.45, 2.75) is 46.5 Å². The van der Waals surface area contributed by atoms with Crippen molar-refractivity contribution >= 4 is 5.78 Å². The van der Waals surface area contributed by atoms with Crippen molar-refractivity contribution < 1.29 is 4.79 Å². The van der Waals surface area contributed by atoms with Crippen LogP contribution in [0.25, 0.3) is 0 Å². The molecule has 0 aliphatic heterocycles. The van der Waals surface area contributed by atoms with E-state index in [1.165, 1.54) is 6.42 Å². The lowest BCUT2D eigenvalue weighted by molar-refractivity contribution is -0.124. The molecule has 0 heterocycles. The zero-order valence-corrected chi connectivity index (χ0v) is 8.47. The number of Topliss-reactive ketones (excluding diaryl/α,β-unsaturated/α-hetero) is 1. The Morgan fingerprint density at radius 1 is 1.25 bits per heavy atom. The monoisotopic (exact) mass is 168 g/mol. The Bertz CT molecular complexity index is 160. The van der Waals surface area contributed by atoms with Gasteiger partial charge < -0.3 is 0 Å². The van der Waals surface area contributed by atoms with Gasteiger partial charge in [-0.15, -0.1) is 0 Å². The van der Waals surface area contributed by atoms with Crippen molar-refractivity contribution in [3.8, 4) is 0 Å². The number of ketones is 1.